The summed E-state index contributed by atoms with van der Waals surface area (Å²) in [6.45, 7) is 2.30. The Morgan fingerprint density at radius 2 is 1.58 bits per heavy atom. The van der Waals surface area contributed by atoms with E-state index >= 15 is 0 Å². The van der Waals surface area contributed by atoms with Crippen molar-refractivity contribution in [3.05, 3.63) is 70.8 Å². The third kappa shape index (κ3) is 4.23. The highest BCUT2D eigenvalue weighted by atomic mass is 19.1. The van der Waals surface area contributed by atoms with Crippen molar-refractivity contribution in [2.24, 2.45) is 5.92 Å². The van der Waals surface area contributed by atoms with Crippen molar-refractivity contribution in [3.8, 4) is 0 Å². The highest BCUT2D eigenvalue weighted by Crippen LogP contribution is 2.36. The van der Waals surface area contributed by atoms with Crippen molar-refractivity contribution < 1.29 is 8.78 Å². The van der Waals surface area contributed by atoms with E-state index in [1.165, 1.54) is 49.3 Å². The highest BCUT2D eigenvalue weighted by Gasteiger charge is 2.21. The number of hydrogen-bond donors (Lipinski definition) is 0. The summed E-state index contributed by atoms with van der Waals surface area (Å²) in [6, 6.07) is 12.7. The van der Waals surface area contributed by atoms with Crippen LogP contribution in [-0.4, -0.2) is 0 Å². The second-order valence-corrected chi connectivity index (χ2v) is 7.10. The Balaban J connectivity index is 1.57. The van der Waals surface area contributed by atoms with Crippen molar-refractivity contribution in [1.82, 2.24) is 0 Å². The van der Waals surface area contributed by atoms with Gasteiger partial charge in [-0.1, -0.05) is 43.7 Å². The van der Waals surface area contributed by atoms with E-state index in [-0.39, 0.29) is 0 Å². The van der Waals surface area contributed by atoms with Gasteiger partial charge in [-0.15, -0.1) is 0 Å². The Kier molecular flexibility index (Phi) is 5.65. The molecule has 2 aromatic carbocycles. The van der Waals surface area contributed by atoms with Gasteiger partial charge in [-0.05, 0) is 73.1 Å². The molecular formula is C22H26F2. The molecule has 0 heterocycles. The van der Waals surface area contributed by atoms with Gasteiger partial charge in [0.25, 0.3) is 0 Å². The average molecular weight is 328 g/mol. The van der Waals surface area contributed by atoms with E-state index in [1.807, 2.05) is 0 Å². The molecule has 24 heavy (non-hydrogen) atoms. The van der Waals surface area contributed by atoms with E-state index in [1.54, 1.807) is 6.07 Å². The molecule has 0 bridgehead atoms. The molecule has 0 N–H and O–H groups in total. The van der Waals surface area contributed by atoms with E-state index in [0.717, 1.165) is 18.4 Å². The Hall–Kier alpha value is -1.70. The molecule has 128 valence electrons. The zero-order valence-corrected chi connectivity index (χ0v) is 14.4. The Morgan fingerprint density at radius 1 is 0.875 bits per heavy atom. The number of rotatable bonds is 5. The van der Waals surface area contributed by atoms with Crippen LogP contribution in [0.3, 0.4) is 0 Å². The topological polar surface area (TPSA) is 0 Å². The zero-order valence-electron chi connectivity index (χ0n) is 14.4. The van der Waals surface area contributed by atoms with E-state index < -0.39 is 11.6 Å². The van der Waals surface area contributed by atoms with Crippen molar-refractivity contribution in [2.45, 2.75) is 57.8 Å². The van der Waals surface area contributed by atoms with Crippen LogP contribution in [0.25, 0.3) is 0 Å². The van der Waals surface area contributed by atoms with Gasteiger partial charge in [-0.25, -0.2) is 8.78 Å². The molecule has 0 saturated heterocycles. The third-order valence-corrected chi connectivity index (χ3v) is 5.57. The van der Waals surface area contributed by atoms with E-state index in [9.17, 15) is 8.78 Å². The molecule has 1 saturated carbocycles. The van der Waals surface area contributed by atoms with Crippen LogP contribution < -0.4 is 0 Å². The molecule has 0 atom stereocenters. The van der Waals surface area contributed by atoms with Crippen LogP contribution in [0.15, 0.2) is 42.5 Å². The average Bonchev–Trinajstić information content (AvgIpc) is 2.62. The molecule has 2 heteroatoms. The maximum atomic E-state index is 13.7. The van der Waals surface area contributed by atoms with Crippen molar-refractivity contribution in [1.29, 1.82) is 0 Å². The summed E-state index contributed by atoms with van der Waals surface area (Å²) in [4.78, 5) is 0. The van der Waals surface area contributed by atoms with E-state index in [4.69, 9.17) is 0 Å². The van der Waals surface area contributed by atoms with Gasteiger partial charge < -0.3 is 0 Å². The second-order valence-electron chi connectivity index (χ2n) is 7.10. The third-order valence-electron chi connectivity index (χ3n) is 5.57. The predicted molar refractivity (Wildman–Crippen MR) is 95.2 cm³/mol. The van der Waals surface area contributed by atoms with Gasteiger partial charge in [0, 0.05) is 6.07 Å². The summed E-state index contributed by atoms with van der Waals surface area (Å²) in [5.41, 5.74) is 3.24. The molecule has 2 aromatic rings. The monoisotopic (exact) mass is 328 g/mol. The Morgan fingerprint density at radius 3 is 2.21 bits per heavy atom. The molecule has 1 aliphatic carbocycles. The van der Waals surface area contributed by atoms with Gasteiger partial charge in [0.05, 0.1) is 0 Å². The van der Waals surface area contributed by atoms with Gasteiger partial charge in [0.15, 0.2) is 0 Å². The van der Waals surface area contributed by atoms with Crippen molar-refractivity contribution >= 4 is 0 Å². The maximum Gasteiger partial charge on any atom is 0.129 e. The SMILES string of the molecule is CC[C@H]1CC[C@H](c2ccc(CCc3ccc(F)cc3F)cc2)CC1. The lowest BCUT2D eigenvalue weighted by Gasteiger charge is -2.28. The molecule has 0 radical (unpaired) electrons. The minimum absolute atomic E-state index is 0.445. The molecule has 0 unspecified atom stereocenters. The number of hydrogen-bond acceptors (Lipinski definition) is 0. The summed E-state index contributed by atoms with van der Waals surface area (Å²) in [7, 11) is 0. The second kappa shape index (κ2) is 7.92. The molecular weight excluding hydrogens is 302 g/mol. The number of benzene rings is 2. The largest absolute Gasteiger partial charge is 0.207 e. The maximum absolute atomic E-state index is 13.7. The summed E-state index contributed by atoms with van der Waals surface area (Å²) >= 11 is 0. The van der Waals surface area contributed by atoms with Crippen LogP contribution in [0.1, 0.15) is 61.6 Å². The number of aryl methyl sites for hydroxylation is 2. The fourth-order valence-corrected chi connectivity index (χ4v) is 3.86. The molecule has 3 rings (SSSR count). The van der Waals surface area contributed by atoms with Crippen molar-refractivity contribution in [2.75, 3.05) is 0 Å². The van der Waals surface area contributed by atoms with Crippen molar-refractivity contribution in [3.63, 3.8) is 0 Å². The first-order valence-electron chi connectivity index (χ1n) is 9.18. The Labute approximate surface area is 143 Å². The lowest BCUT2D eigenvalue weighted by atomic mass is 9.78. The zero-order chi connectivity index (χ0) is 16.9. The number of halogens is 2. The van der Waals surface area contributed by atoms with E-state index in [2.05, 4.69) is 31.2 Å². The lowest BCUT2D eigenvalue weighted by Crippen LogP contribution is -2.12. The summed E-state index contributed by atoms with van der Waals surface area (Å²) < 4.78 is 26.6. The first-order chi connectivity index (χ1) is 11.7. The smallest absolute Gasteiger partial charge is 0.129 e. The Bertz CT molecular complexity index is 652. The molecule has 0 spiro atoms. The quantitative estimate of drug-likeness (QED) is 0.593. The fraction of sp³-hybridized carbons (Fsp3) is 0.455. The predicted octanol–water partition coefficient (Wildman–Crippen LogP) is 6.43. The van der Waals surface area contributed by atoms with Gasteiger partial charge in [-0.2, -0.15) is 0 Å². The lowest BCUT2D eigenvalue weighted by molar-refractivity contribution is 0.319. The van der Waals surface area contributed by atoms with Crippen LogP contribution in [0.5, 0.6) is 0 Å². The van der Waals surface area contributed by atoms with Crippen LogP contribution in [0.2, 0.25) is 0 Å². The fourth-order valence-electron chi connectivity index (χ4n) is 3.86. The summed E-state index contributed by atoms with van der Waals surface area (Å²) in [5, 5.41) is 0. The minimum atomic E-state index is -0.515. The van der Waals surface area contributed by atoms with Gasteiger partial charge in [0.2, 0.25) is 0 Å². The highest BCUT2D eigenvalue weighted by molar-refractivity contribution is 5.27. The molecule has 0 nitrogen and oxygen atoms in total. The van der Waals surface area contributed by atoms with E-state index in [0.29, 0.717) is 17.9 Å². The van der Waals surface area contributed by atoms with Gasteiger partial charge in [-0.3, -0.25) is 0 Å². The molecule has 1 aliphatic rings. The first kappa shape index (κ1) is 17.1. The van der Waals surface area contributed by atoms with Crippen LogP contribution in [0.4, 0.5) is 8.78 Å². The minimum Gasteiger partial charge on any atom is -0.207 e. The first-order valence-corrected chi connectivity index (χ1v) is 9.18. The molecule has 1 fully saturated rings. The molecule has 0 amide bonds. The van der Waals surface area contributed by atoms with Gasteiger partial charge in [0.1, 0.15) is 11.6 Å². The standard InChI is InChI=1S/C22H26F2/c1-2-16-3-8-18(9-4-16)19-10-5-17(6-11-19)7-12-20-13-14-21(23)15-22(20)24/h5-6,10-11,13-16,18H,2-4,7-9,12H2,1H3/t16-,18-. The molecule has 0 aromatic heterocycles. The van der Waals surface area contributed by atoms with Gasteiger partial charge >= 0.3 is 0 Å². The van der Waals surface area contributed by atoms with Crippen LogP contribution >= 0.6 is 0 Å². The molecule has 0 aliphatic heterocycles. The van der Waals surface area contributed by atoms with Crippen LogP contribution in [-0.2, 0) is 12.8 Å². The summed E-state index contributed by atoms with van der Waals surface area (Å²) in [6.07, 6.45) is 8.01. The van der Waals surface area contributed by atoms with Crippen LogP contribution in [0, 0.1) is 17.6 Å². The summed E-state index contributed by atoms with van der Waals surface area (Å²) in [5.74, 6) is 0.667. The normalized spacial score (nSPS) is 21.0.